The molecule has 2 atom stereocenters. The van der Waals surface area contributed by atoms with Crippen molar-refractivity contribution in [2.45, 2.75) is 31.9 Å². The van der Waals surface area contributed by atoms with Gasteiger partial charge < -0.3 is 10.1 Å². The van der Waals surface area contributed by atoms with E-state index in [0.717, 1.165) is 25.1 Å². The molecule has 98 valence electrons. The van der Waals surface area contributed by atoms with Crippen LogP contribution in [0.4, 0.5) is 11.4 Å². The zero-order valence-corrected chi connectivity index (χ0v) is 11.6. The fourth-order valence-electron chi connectivity index (χ4n) is 2.11. The number of hydrogen-bond donors (Lipinski definition) is 1. The fourth-order valence-corrected chi connectivity index (χ4v) is 2.63. The van der Waals surface area contributed by atoms with Gasteiger partial charge in [-0.25, -0.2) is 0 Å². The Balaban J connectivity index is 2.05. The van der Waals surface area contributed by atoms with Crippen molar-refractivity contribution in [2.24, 2.45) is 0 Å². The summed E-state index contributed by atoms with van der Waals surface area (Å²) in [6.45, 7) is 2.81. The number of nitro benzene ring substituents is 1. The number of nitro groups is 1. The minimum absolute atomic E-state index is 0.0842. The number of ether oxygens (including phenoxy) is 1. The number of nitrogens with one attached hydrogen (secondary N) is 1. The van der Waals surface area contributed by atoms with Gasteiger partial charge in [-0.3, -0.25) is 10.1 Å². The number of nitrogens with zero attached hydrogens (tertiary/aromatic N) is 1. The van der Waals surface area contributed by atoms with E-state index >= 15 is 0 Å². The van der Waals surface area contributed by atoms with Crippen molar-refractivity contribution in [1.29, 1.82) is 0 Å². The molecule has 6 heteroatoms. The molecule has 0 aromatic heterocycles. The number of rotatable bonds is 3. The van der Waals surface area contributed by atoms with Crippen molar-refractivity contribution >= 4 is 27.3 Å². The Hall–Kier alpha value is -1.14. The molecule has 1 aliphatic rings. The van der Waals surface area contributed by atoms with Crippen LogP contribution in [-0.4, -0.2) is 23.7 Å². The highest BCUT2D eigenvalue weighted by Gasteiger charge is 2.20. The second-order valence-corrected chi connectivity index (χ2v) is 5.32. The minimum Gasteiger partial charge on any atom is -0.382 e. The lowest BCUT2D eigenvalue weighted by atomic mass is 10.0. The minimum atomic E-state index is -0.398. The van der Waals surface area contributed by atoms with Crippen molar-refractivity contribution in [3.63, 3.8) is 0 Å². The van der Waals surface area contributed by atoms with Crippen molar-refractivity contribution in [2.75, 3.05) is 11.9 Å². The predicted octanol–water partition coefficient (Wildman–Crippen LogP) is 3.34. The van der Waals surface area contributed by atoms with Crippen LogP contribution in [0.3, 0.4) is 0 Å². The lowest BCUT2D eigenvalue weighted by molar-refractivity contribution is -0.385. The average molecular weight is 315 g/mol. The third-order valence-corrected chi connectivity index (χ3v) is 3.64. The number of halogens is 1. The van der Waals surface area contributed by atoms with Gasteiger partial charge in [0.15, 0.2) is 0 Å². The largest absolute Gasteiger partial charge is 0.382 e. The van der Waals surface area contributed by atoms with Crippen LogP contribution in [0.2, 0.25) is 0 Å². The van der Waals surface area contributed by atoms with Crippen LogP contribution in [0, 0.1) is 10.1 Å². The summed E-state index contributed by atoms with van der Waals surface area (Å²) in [6.07, 6.45) is 2.17. The van der Waals surface area contributed by atoms with Gasteiger partial charge in [-0.05, 0) is 47.8 Å². The van der Waals surface area contributed by atoms with Gasteiger partial charge in [-0.15, -0.1) is 0 Å². The highest BCUT2D eigenvalue weighted by atomic mass is 79.9. The molecular weight excluding hydrogens is 300 g/mol. The van der Waals surface area contributed by atoms with Gasteiger partial charge in [-0.2, -0.15) is 0 Å². The topological polar surface area (TPSA) is 64.4 Å². The Morgan fingerprint density at radius 2 is 2.33 bits per heavy atom. The standard InChI is InChI=1S/C12H15BrN2O3/c1-8-6-10(4-5-18-8)14-9-2-3-12(15(16)17)11(13)7-9/h2-3,7-8,10,14H,4-6H2,1H3. The summed E-state index contributed by atoms with van der Waals surface area (Å²) >= 11 is 3.22. The maximum atomic E-state index is 10.7. The molecule has 1 N–H and O–H groups in total. The maximum Gasteiger partial charge on any atom is 0.283 e. The molecule has 0 radical (unpaired) electrons. The SMILES string of the molecule is CC1CC(Nc2ccc([N+](=O)[O-])c(Br)c2)CCO1. The Labute approximate surface area is 114 Å². The van der Waals surface area contributed by atoms with E-state index in [0.29, 0.717) is 10.5 Å². The summed E-state index contributed by atoms with van der Waals surface area (Å²) in [4.78, 5) is 10.3. The second-order valence-electron chi connectivity index (χ2n) is 4.47. The normalized spacial score (nSPS) is 23.7. The average Bonchev–Trinajstić information content (AvgIpc) is 2.28. The highest BCUT2D eigenvalue weighted by Crippen LogP contribution is 2.29. The first-order valence-corrected chi connectivity index (χ1v) is 6.67. The zero-order chi connectivity index (χ0) is 13.1. The van der Waals surface area contributed by atoms with E-state index in [4.69, 9.17) is 4.74 Å². The number of anilines is 1. The maximum absolute atomic E-state index is 10.7. The molecule has 1 fully saturated rings. The van der Waals surface area contributed by atoms with Crippen molar-refractivity contribution in [3.05, 3.63) is 32.8 Å². The second kappa shape index (κ2) is 5.67. The summed E-state index contributed by atoms with van der Waals surface area (Å²) in [6, 6.07) is 5.36. The molecule has 1 heterocycles. The van der Waals surface area contributed by atoms with Gasteiger partial charge in [0.1, 0.15) is 0 Å². The van der Waals surface area contributed by atoms with Crippen LogP contribution in [-0.2, 0) is 4.74 Å². The Morgan fingerprint density at radius 3 is 2.94 bits per heavy atom. The summed E-state index contributed by atoms with van der Waals surface area (Å²) in [5.74, 6) is 0. The van der Waals surface area contributed by atoms with E-state index in [9.17, 15) is 10.1 Å². The third kappa shape index (κ3) is 3.20. The first kappa shape index (κ1) is 13.3. The van der Waals surface area contributed by atoms with E-state index < -0.39 is 4.92 Å². The quantitative estimate of drug-likeness (QED) is 0.686. The van der Waals surface area contributed by atoms with Crippen LogP contribution < -0.4 is 5.32 Å². The van der Waals surface area contributed by atoms with Crippen LogP contribution >= 0.6 is 15.9 Å². The highest BCUT2D eigenvalue weighted by molar-refractivity contribution is 9.10. The monoisotopic (exact) mass is 314 g/mol. The molecule has 18 heavy (non-hydrogen) atoms. The summed E-state index contributed by atoms with van der Waals surface area (Å²) < 4.78 is 5.98. The van der Waals surface area contributed by atoms with Gasteiger partial charge >= 0.3 is 0 Å². The van der Waals surface area contributed by atoms with Crippen molar-refractivity contribution in [3.8, 4) is 0 Å². The molecule has 1 saturated heterocycles. The number of benzene rings is 1. The lowest BCUT2D eigenvalue weighted by Crippen LogP contribution is -2.32. The molecule has 2 unspecified atom stereocenters. The summed E-state index contributed by atoms with van der Waals surface area (Å²) in [5.41, 5.74) is 0.979. The van der Waals surface area contributed by atoms with E-state index in [1.807, 2.05) is 0 Å². The van der Waals surface area contributed by atoms with Gasteiger partial charge in [0.05, 0.1) is 15.5 Å². The van der Waals surface area contributed by atoms with Gasteiger partial charge in [0.25, 0.3) is 5.69 Å². The number of hydrogen-bond acceptors (Lipinski definition) is 4. The van der Waals surface area contributed by atoms with Crippen LogP contribution in [0.15, 0.2) is 22.7 Å². The van der Waals surface area contributed by atoms with Crippen LogP contribution in [0.1, 0.15) is 19.8 Å². The van der Waals surface area contributed by atoms with Crippen molar-refractivity contribution in [1.82, 2.24) is 0 Å². The molecular formula is C12H15BrN2O3. The fraction of sp³-hybridized carbons (Fsp3) is 0.500. The molecule has 2 rings (SSSR count). The molecule has 0 spiro atoms. The van der Waals surface area contributed by atoms with Gasteiger partial charge in [0.2, 0.25) is 0 Å². The molecule has 1 aliphatic heterocycles. The molecule has 0 saturated carbocycles. The molecule has 0 amide bonds. The van der Waals surface area contributed by atoms with Crippen LogP contribution in [0.5, 0.6) is 0 Å². The van der Waals surface area contributed by atoms with Crippen molar-refractivity contribution < 1.29 is 9.66 Å². The molecule has 5 nitrogen and oxygen atoms in total. The molecule has 0 aliphatic carbocycles. The Kier molecular flexibility index (Phi) is 4.19. The third-order valence-electron chi connectivity index (χ3n) is 3.00. The van der Waals surface area contributed by atoms with Crippen LogP contribution in [0.25, 0.3) is 0 Å². The Morgan fingerprint density at radius 1 is 1.56 bits per heavy atom. The Bertz CT molecular complexity index is 453. The summed E-state index contributed by atoms with van der Waals surface area (Å²) in [5, 5.41) is 14.1. The first-order chi connectivity index (χ1) is 8.56. The van der Waals surface area contributed by atoms with Gasteiger partial charge in [0, 0.05) is 24.4 Å². The smallest absolute Gasteiger partial charge is 0.283 e. The molecule has 0 bridgehead atoms. The molecule has 1 aromatic carbocycles. The van der Waals surface area contributed by atoms with E-state index in [1.165, 1.54) is 6.07 Å². The zero-order valence-electron chi connectivity index (χ0n) is 10.1. The van der Waals surface area contributed by atoms with E-state index in [2.05, 4.69) is 28.2 Å². The first-order valence-electron chi connectivity index (χ1n) is 5.88. The van der Waals surface area contributed by atoms with E-state index in [-0.39, 0.29) is 11.8 Å². The lowest BCUT2D eigenvalue weighted by Gasteiger charge is -2.28. The van der Waals surface area contributed by atoms with Gasteiger partial charge in [-0.1, -0.05) is 0 Å². The summed E-state index contributed by atoms with van der Waals surface area (Å²) in [7, 11) is 0. The molecule has 1 aromatic rings. The predicted molar refractivity (Wildman–Crippen MR) is 72.9 cm³/mol. The van der Waals surface area contributed by atoms with E-state index in [1.54, 1.807) is 12.1 Å².